The summed E-state index contributed by atoms with van der Waals surface area (Å²) in [6, 6.07) is 21.0. The fraction of sp³-hybridized carbons (Fsp3) is 0.0435. The SMILES string of the molecule is COc1cc([N+](=O)[O-])cc(C=NNc2nc(Nc3ccccc3)nc(Nc3ccccc3)n2)c1O. The van der Waals surface area contributed by atoms with Gasteiger partial charge in [-0.2, -0.15) is 20.1 Å². The number of anilines is 5. The Morgan fingerprint density at radius 3 is 1.97 bits per heavy atom. The number of phenols is 1. The van der Waals surface area contributed by atoms with Crippen molar-refractivity contribution in [1.29, 1.82) is 0 Å². The van der Waals surface area contributed by atoms with E-state index in [-0.39, 0.29) is 40.6 Å². The predicted molar refractivity (Wildman–Crippen MR) is 132 cm³/mol. The minimum atomic E-state index is -0.595. The Morgan fingerprint density at radius 2 is 1.46 bits per heavy atom. The molecule has 12 nitrogen and oxygen atoms in total. The summed E-state index contributed by atoms with van der Waals surface area (Å²) in [5.74, 6) is 0.246. The molecular formula is C23H20N8O4. The van der Waals surface area contributed by atoms with Gasteiger partial charge in [-0.15, -0.1) is 0 Å². The van der Waals surface area contributed by atoms with Crippen molar-refractivity contribution in [2.75, 3.05) is 23.2 Å². The van der Waals surface area contributed by atoms with E-state index in [1.807, 2.05) is 60.7 Å². The van der Waals surface area contributed by atoms with Crippen molar-refractivity contribution in [3.05, 3.63) is 88.5 Å². The van der Waals surface area contributed by atoms with E-state index in [1.165, 1.54) is 19.4 Å². The zero-order valence-electron chi connectivity index (χ0n) is 18.4. The number of methoxy groups -OCH3 is 1. The number of nitrogens with zero attached hydrogens (tertiary/aromatic N) is 5. The van der Waals surface area contributed by atoms with Crippen molar-refractivity contribution in [2.45, 2.75) is 0 Å². The Bertz CT molecular complexity index is 1290. The number of aromatic hydroxyl groups is 1. The normalized spacial score (nSPS) is 10.7. The van der Waals surface area contributed by atoms with Gasteiger partial charge in [-0.05, 0) is 24.3 Å². The third kappa shape index (κ3) is 5.96. The first-order chi connectivity index (χ1) is 17.0. The van der Waals surface area contributed by atoms with Crippen LogP contribution in [0.5, 0.6) is 11.5 Å². The van der Waals surface area contributed by atoms with Crippen LogP contribution in [-0.2, 0) is 0 Å². The van der Waals surface area contributed by atoms with Gasteiger partial charge < -0.3 is 20.5 Å². The lowest BCUT2D eigenvalue weighted by molar-refractivity contribution is -0.385. The van der Waals surface area contributed by atoms with Crippen molar-refractivity contribution in [2.24, 2.45) is 5.10 Å². The second-order valence-electron chi connectivity index (χ2n) is 7.00. The topological polar surface area (TPSA) is 160 Å². The number of rotatable bonds is 9. The third-order valence-electron chi connectivity index (χ3n) is 4.58. The highest BCUT2D eigenvalue weighted by atomic mass is 16.6. The molecule has 0 fully saturated rings. The van der Waals surface area contributed by atoms with Gasteiger partial charge in [-0.25, -0.2) is 5.43 Å². The second-order valence-corrected chi connectivity index (χ2v) is 7.00. The van der Waals surface area contributed by atoms with Gasteiger partial charge in [-0.3, -0.25) is 10.1 Å². The van der Waals surface area contributed by atoms with Gasteiger partial charge in [-0.1, -0.05) is 36.4 Å². The van der Waals surface area contributed by atoms with Gasteiger partial charge in [0, 0.05) is 23.0 Å². The number of phenolic OH excluding ortho intramolecular Hbond substituents is 1. The monoisotopic (exact) mass is 472 g/mol. The zero-order chi connectivity index (χ0) is 24.6. The Hall–Kier alpha value is -5.26. The van der Waals surface area contributed by atoms with E-state index in [9.17, 15) is 15.2 Å². The molecule has 4 rings (SSSR count). The maximum atomic E-state index is 11.2. The van der Waals surface area contributed by atoms with Crippen LogP contribution in [0.2, 0.25) is 0 Å². The van der Waals surface area contributed by atoms with E-state index < -0.39 is 4.92 Å². The zero-order valence-corrected chi connectivity index (χ0v) is 18.4. The Kier molecular flexibility index (Phi) is 6.92. The molecule has 176 valence electrons. The molecule has 0 bridgehead atoms. The van der Waals surface area contributed by atoms with Gasteiger partial charge in [0.1, 0.15) is 0 Å². The number of nitro benzene ring substituents is 1. The van der Waals surface area contributed by atoms with Crippen LogP contribution in [-0.4, -0.2) is 38.3 Å². The quantitative estimate of drug-likeness (QED) is 0.156. The molecule has 1 heterocycles. The fourth-order valence-electron chi connectivity index (χ4n) is 2.97. The van der Waals surface area contributed by atoms with Crippen LogP contribution in [0.25, 0.3) is 0 Å². The number of hydrazone groups is 1. The average molecular weight is 472 g/mol. The molecule has 0 unspecified atom stereocenters. The van der Waals surface area contributed by atoms with Gasteiger partial charge in [0.2, 0.25) is 17.8 Å². The molecule has 0 aliphatic rings. The summed E-state index contributed by atoms with van der Waals surface area (Å²) in [7, 11) is 1.30. The molecule has 4 aromatic rings. The fourth-order valence-corrected chi connectivity index (χ4v) is 2.97. The van der Waals surface area contributed by atoms with Crippen LogP contribution in [0.3, 0.4) is 0 Å². The molecule has 0 aliphatic carbocycles. The lowest BCUT2D eigenvalue weighted by Gasteiger charge is -2.10. The van der Waals surface area contributed by atoms with E-state index in [4.69, 9.17) is 4.74 Å². The van der Waals surface area contributed by atoms with Crippen LogP contribution < -0.4 is 20.8 Å². The smallest absolute Gasteiger partial charge is 0.274 e. The van der Waals surface area contributed by atoms with Gasteiger partial charge in [0.05, 0.1) is 24.3 Å². The summed E-state index contributed by atoms with van der Waals surface area (Å²) in [5.41, 5.74) is 4.02. The number of nitrogens with one attached hydrogen (secondary N) is 3. The summed E-state index contributed by atoms with van der Waals surface area (Å²) in [4.78, 5) is 23.6. The van der Waals surface area contributed by atoms with Crippen molar-refractivity contribution in [3.8, 4) is 11.5 Å². The molecule has 4 N–H and O–H groups in total. The highest BCUT2D eigenvalue weighted by Gasteiger charge is 2.16. The molecule has 0 saturated carbocycles. The molecule has 12 heteroatoms. The highest BCUT2D eigenvalue weighted by Crippen LogP contribution is 2.33. The Morgan fingerprint density at radius 1 is 0.914 bits per heavy atom. The maximum absolute atomic E-state index is 11.2. The van der Waals surface area contributed by atoms with E-state index in [2.05, 4.69) is 36.1 Å². The number of nitro groups is 1. The van der Waals surface area contributed by atoms with Crippen LogP contribution in [0.4, 0.5) is 34.9 Å². The summed E-state index contributed by atoms with van der Waals surface area (Å²) in [6.07, 6.45) is 1.20. The summed E-state index contributed by atoms with van der Waals surface area (Å²) < 4.78 is 5.00. The van der Waals surface area contributed by atoms with Gasteiger partial charge in [0.15, 0.2) is 11.5 Å². The molecular weight excluding hydrogens is 452 g/mol. The summed E-state index contributed by atoms with van der Waals surface area (Å²) >= 11 is 0. The number of para-hydroxylation sites is 2. The molecule has 0 aliphatic heterocycles. The van der Waals surface area contributed by atoms with Crippen molar-refractivity contribution in [3.63, 3.8) is 0 Å². The highest BCUT2D eigenvalue weighted by molar-refractivity contribution is 5.86. The van der Waals surface area contributed by atoms with E-state index in [0.717, 1.165) is 17.4 Å². The standard InChI is InChI=1S/C23H20N8O4/c1-35-19-13-18(31(33)34)12-15(20(19)32)14-24-30-23-28-21(25-16-8-4-2-5-9-16)27-22(29-23)26-17-10-6-3-7-11-17/h2-14,32H,1H3,(H3,25,26,27,28,29,30). The van der Waals surface area contributed by atoms with Crippen molar-refractivity contribution >= 4 is 41.1 Å². The molecule has 0 saturated heterocycles. The number of hydrogen-bond acceptors (Lipinski definition) is 11. The molecule has 0 atom stereocenters. The van der Waals surface area contributed by atoms with Crippen LogP contribution in [0.15, 0.2) is 77.9 Å². The van der Waals surface area contributed by atoms with E-state index in [1.54, 1.807) is 0 Å². The van der Waals surface area contributed by atoms with Crippen LogP contribution in [0, 0.1) is 10.1 Å². The third-order valence-corrected chi connectivity index (χ3v) is 4.58. The predicted octanol–water partition coefficient (Wildman–Crippen LogP) is 4.43. The van der Waals surface area contributed by atoms with Crippen molar-refractivity contribution < 1.29 is 14.8 Å². The first-order valence-corrected chi connectivity index (χ1v) is 10.3. The van der Waals surface area contributed by atoms with Gasteiger partial charge >= 0.3 is 0 Å². The number of benzene rings is 3. The van der Waals surface area contributed by atoms with Crippen LogP contribution in [0.1, 0.15) is 5.56 Å². The summed E-state index contributed by atoms with van der Waals surface area (Å²) in [6.45, 7) is 0. The Labute approximate surface area is 199 Å². The summed E-state index contributed by atoms with van der Waals surface area (Å²) in [5, 5.41) is 31.7. The minimum absolute atomic E-state index is 0.0514. The Balaban J connectivity index is 1.61. The molecule has 3 aromatic carbocycles. The number of non-ortho nitro benzene ring substituents is 1. The average Bonchev–Trinajstić information content (AvgIpc) is 2.86. The molecule has 0 amide bonds. The lowest BCUT2D eigenvalue weighted by atomic mass is 10.2. The first-order valence-electron chi connectivity index (χ1n) is 10.3. The first kappa shape index (κ1) is 22.9. The number of aromatic nitrogens is 3. The molecule has 0 radical (unpaired) electrons. The van der Waals surface area contributed by atoms with Crippen LogP contribution >= 0.6 is 0 Å². The maximum Gasteiger partial charge on any atom is 0.274 e. The molecule has 35 heavy (non-hydrogen) atoms. The lowest BCUT2D eigenvalue weighted by Crippen LogP contribution is -2.07. The van der Waals surface area contributed by atoms with Gasteiger partial charge in [0.25, 0.3) is 5.69 Å². The molecule has 0 spiro atoms. The van der Waals surface area contributed by atoms with Crippen molar-refractivity contribution in [1.82, 2.24) is 15.0 Å². The number of ether oxygens (including phenoxy) is 1. The minimum Gasteiger partial charge on any atom is -0.504 e. The van der Waals surface area contributed by atoms with E-state index >= 15 is 0 Å². The van der Waals surface area contributed by atoms with E-state index in [0.29, 0.717) is 0 Å². The largest absolute Gasteiger partial charge is 0.504 e. The second kappa shape index (κ2) is 10.6. The number of hydrogen-bond donors (Lipinski definition) is 4. The molecule has 1 aromatic heterocycles.